The van der Waals surface area contributed by atoms with E-state index in [2.05, 4.69) is 5.32 Å². The topological polar surface area (TPSA) is 73.6 Å². The van der Waals surface area contributed by atoms with Gasteiger partial charge in [0, 0.05) is 11.8 Å². The number of hydrogen-bond acceptors (Lipinski definition) is 4. The van der Waals surface area contributed by atoms with Gasteiger partial charge in [-0.1, -0.05) is 6.07 Å². The molecule has 5 heteroatoms. The van der Waals surface area contributed by atoms with E-state index in [-0.39, 0.29) is 12.0 Å². The molecule has 2 aromatic rings. The van der Waals surface area contributed by atoms with E-state index in [1.165, 1.54) is 6.08 Å². The molecular weight excluding hydrogens is 304 g/mol. The summed E-state index contributed by atoms with van der Waals surface area (Å²) < 4.78 is 10.7. The Morgan fingerprint density at radius 2 is 1.88 bits per heavy atom. The number of carbonyl (C=O) groups excluding carboxylic acids is 1. The number of anilines is 2. The molecule has 0 heterocycles. The van der Waals surface area contributed by atoms with Crippen LogP contribution in [0.25, 0.3) is 6.08 Å². The first-order valence-corrected chi connectivity index (χ1v) is 7.67. The number of nitrogens with two attached hydrogens (primary N) is 1. The predicted molar refractivity (Wildman–Crippen MR) is 97.3 cm³/mol. The molecule has 3 N–H and O–H groups in total. The summed E-state index contributed by atoms with van der Waals surface area (Å²) in [5.41, 5.74) is 8.03. The number of hydrogen-bond donors (Lipinski definition) is 2. The van der Waals surface area contributed by atoms with Gasteiger partial charge in [-0.25, -0.2) is 0 Å². The van der Waals surface area contributed by atoms with E-state index in [1.807, 2.05) is 19.9 Å². The van der Waals surface area contributed by atoms with E-state index in [9.17, 15) is 4.79 Å². The number of rotatable bonds is 6. The second-order valence-electron chi connectivity index (χ2n) is 5.51. The molecule has 0 aromatic heterocycles. The van der Waals surface area contributed by atoms with Gasteiger partial charge < -0.3 is 20.5 Å². The van der Waals surface area contributed by atoms with Gasteiger partial charge in [-0.3, -0.25) is 4.79 Å². The third kappa shape index (κ3) is 5.05. The Balaban J connectivity index is 1.98. The molecule has 0 saturated heterocycles. The Labute approximate surface area is 142 Å². The van der Waals surface area contributed by atoms with Crippen LogP contribution in [0.3, 0.4) is 0 Å². The van der Waals surface area contributed by atoms with Gasteiger partial charge in [0.2, 0.25) is 5.91 Å². The molecule has 24 heavy (non-hydrogen) atoms. The van der Waals surface area contributed by atoms with Crippen LogP contribution in [-0.4, -0.2) is 19.1 Å². The molecule has 0 spiro atoms. The fourth-order valence-electron chi connectivity index (χ4n) is 2.06. The molecule has 0 aliphatic carbocycles. The number of nitrogen functional groups attached to an aromatic ring is 1. The van der Waals surface area contributed by atoms with E-state index >= 15 is 0 Å². The predicted octanol–water partition coefficient (Wildman–Crippen LogP) is 3.72. The summed E-state index contributed by atoms with van der Waals surface area (Å²) in [6, 6.07) is 12.6. The quantitative estimate of drug-likeness (QED) is 0.627. The van der Waals surface area contributed by atoms with Crippen molar-refractivity contribution in [2.45, 2.75) is 20.0 Å². The first-order valence-electron chi connectivity index (χ1n) is 7.67. The summed E-state index contributed by atoms with van der Waals surface area (Å²) >= 11 is 0. The minimum absolute atomic E-state index is 0.0592. The lowest BCUT2D eigenvalue weighted by atomic mass is 10.1. The van der Waals surface area contributed by atoms with Crippen molar-refractivity contribution < 1.29 is 14.3 Å². The van der Waals surface area contributed by atoms with Gasteiger partial charge in [-0.15, -0.1) is 0 Å². The van der Waals surface area contributed by atoms with Gasteiger partial charge in [0.25, 0.3) is 0 Å². The standard InChI is InChI=1S/C19H22N2O3/c1-13(2)24-18-10-4-14(12-17(18)20)5-11-19(22)21-15-6-8-16(23-3)9-7-15/h4-13H,20H2,1-3H3,(H,21,22)/b11-5-. The molecule has 0 bridgehead atoms. The van der Waals surface area contributed by atoms with Crippen molar-refractivity contribution in [3.63, 3.8) is 0 Å². The summed E-state index contributed by atoms with van der Waals surface area (Å²) in [7, 11) is 1.60. The van der Waals surface area contributed by atoms with Gasteiger partial charge in [-0.2, -0.15) is 0 Å². The zero-order valence-electron chi connectivity index (χ0n) is 14.1. The molecule has 0 fully saturated rings. The molecule has 0 atom stereocenters. The lowest BCUT2D eigenvalue weighted by Crippen LogP contribution is -2.08. The molecule has 2 rings (SSSR count). The van der Waals surface area contributed by atoms with Gasteiger partial charge in [0.05, 0.1) is 18.9 Å². The first-order chi connectivity index (χ1) is 11.5. The third-order valence-corrected chi connectivity index (χ3v) is 3.18. The van der Waals surface area contributed by atoms with Crippen LogP contribution in [0.2, 0.25) is 0 Å². The van der Waals surface area contributed by atoms with Crippen molar-refractivity contribution in [3.05, 3.63) is 54.1 Å². The van der Waals surface area contributed by atoms with Crippen LogP contribution in [0.5, 0.6) is 11.5 Å². The van der Waals surface area contributed by atoms with E-state index < -0.39 is 0 Å². The normalized spacial score (nSPS) is 10.8. The van der Waals surface area contributed by atoms with E-state index in [0.717, 1.165) is 11.3 Å². The van der Waals surface area contributed by atoms with Crippen LogP contribution < -0.4 is 20.5 Å². The Morgan fingerprint density at radius 3 is 2.46 bits per heavy atom. The maximum atomic E-state index is 12.0. The highest BCUT2D eigenvalue weighted by molar-refractivity contribution is 6.02. The highest BCUT2D eigenvalue weighted by Crippen LogP contribution is 2.24. The van der Waals surface area contributed by atoms with E-state index in [1.54, 1.807) is 49.6 Å². The summed E-state index contributed by atoms with van der Waals surface area (Å²) in [6.07, 6.45) is 3.22. The third-order valence-electron chi connectivity index (χ3n) is 3.18. The van der Waals surface area contributed by atoms with E-state index in [4.69, 9.17) is 15.2 Å². The fraction of sp³-hybridized carbons (Fsp3) is 0.211. The summed E-state index contributed by atoms with van der Waals surface area (Å²) in [5.74, 6) is 1.16. The molecule has 0 unspecified atom stereocenters. The second-order valence-corrected chi connectivity index (χ2v) is 5.51. The highest BCUT2D eigenvalue weighted by atomic mass is 16.5. The average Bonchev–Trinajstić information content (AvgIpc) is 2.55. The Kier molecular flexibility index (Phi) is 5.84. The average molecular weight is 326 g/mol. The van der Waals surface area contributed by atoms with Crippen LogP contribution >= 0.6 is 0 Å². The molecule has 2 aromatic carbocycles. The van der Waals surface area contributed by atoms with Crippen molar-refractivity contribution in [2.75, 3.05) is 18.2 Å². The Morgan fingerprint density at radius 1 is 1.17 bits per heavy atom. The number of ether oxygens (including phenoxy) is 2. The van der Waals surface area contributed by atoms with Gasteiger partial charge >= 0.3 is 0 Å². The maximum Gasteiger partial charge on any atom is 0.248 e. The van der Waals surface area contributed by atoms with Crippen molar-refractivity contribution in [1.29, 1.82) is 0 Å². The molecule has 0 saturated carbocycles. The van der Waals surface area contributed by atoms with Crippen molar-refractivity contribution in [3.8, 4) is 11.5 Å². The SMILES string of the molecule is COc1ccc(NC(=O)/C=C\c2ccc(OC(C)C)c(N)c2)cc1. The number of methoxy groups -OCH3 is 1. The molecule has 0 radical (unpaired) electrons. The summed E-state index contributed by atoms with van der Waals surface area (Å²) in [5, 5.41) is 2.78. The largest absolute Gasteiger partial charge is 0.497 e. The van der Waals surface area contributed by atoms with Crippen LogP contribution in [0.15, 0.2) is 48.5 Å². The van der Waals surface area contributed by atoms with Gasteiger partial charge in [-0.05, 0) is 61.9 Å². The van der Waals surface area contributed by atoms with Gasteiger partial charge in [0.1, 0.15) is 11.5 Å². The van der Waals surface area contributed by atoms with E-state index in [0.29, 0.717) is 17.1 Å². The number of amides is 1. The van der Waals surface area contributed by atoms with Crippen LogP contribution in [0.4, 0.5) is 11.4 Å². The molecular formula is C19H22N2O3. The van der Waals surface area contributed by atoms with Crippen molar-refractivity contribution >= 4 is 23.4 Å². The lowest BCUT2D eigenvalue weighted by Gasteiger charge is -2.12. The molecule has 5 nitrogen and oxygen atoms in total. The molecule has 0 aliphatic heterocycles. The minimum atomic E-state index is -0.221. The maximum absolute atomic E-state index is 12.0. The lowest BCUT2D eigenvalue weighted by molar-refractivity contribution is -0.111. The minimum Gasteiger partial charge on any atom is -0.497 e. The number of carbonyl (C=O) groups is 1. The smallest absolute Gasteiger partial charge is 0.248 e. The first kappa shape index (κ1) is 17.4. The van der Waals surface area contributed by atoms with Gasteiger partial charge in [0.15, 0.2) is 0 Å². The van der Waals surface area contributed by atoms with Crippen LogP contribution in [0.1, 0.15) is 19.4 Å². The summed E-state index contributed by atoms with van der Waals surface area (Å²) in [6.45, 7) is 3.88. The van der Waals surface area contributed by atoms with Crippen molar-refractivity contribution in [1.82, 2.24) is 0 Å². The van der Waals surface area contributed by atoms with Crippen LogP contribution in [0, 0.1) is 0 Å². The zero-order valence-corrected chi connectivity index (χ0v) is 14.1. The highest BCUT2D eigenvalue weighted by Gasteiger charge is 2.03. The zero-order chi connectivity index (χ0) is 17.5. The second kappa shape index (κ2) is 8.06. The molecule has 1 amide bonds. The molecule has 126 valence electrons. The number of nitrogens with one attached hydrogen (secondary N) is 1. The monoisotopic (exact) mass is 326 g/mol. The molecule has 0 aliphatic rings. The fourth-order valence-corrected chi connectivity index (χ4v) is 2.06. The van der Waals surface area contributed by atoms with Crippen LogP contribution in [-0.2, 0) is 4.79 Å². The number of benzene rings is 2. The Hall–Kier alpha value is -2.95. The van der Waals surface area contributed by atoms with Crippen molar-refractivity contribution in [2.24, 2.45) is 0 Å². The Bertz CT molecular complexity index is 722. The summed E-state index contributed by atoms with van der Waals surface area (Å²) in [4.78, 5) is 12.0.